The molecule has 3 rings (SSSR count). The Kier molecular flexibility index (Phi) is 3.25. The molecule has 1 fully saturated rings. The van der Waals surface area contributed by atoms with Crippen molar-refractivity contribution in [3.63, 3.8) is 0 Å². The molecule has 2 N–H and O–H groups in total. The van der Waals surface area contributed by atoms with E-state index in [2.05, 4.69) is 10.7 Å². The normalized spacial score (nSPS) is 18.5. The van der Waals surface area contributed by atoms with Crippen LogP contribution in [-0.2, 0) is 16.0 Å². The number of hydrazine groups is 1. The van der Waals surface area contributed by atoms with Gasteiger partial charge >= 0.3 is 0 Å². The molecule has 2 aliphatic rings. The number of carbonyl (C=O) groups is 1. The van der Waals surface area contributed by atoms with Gasteiger partial charge in [0.25, 0.3) is 5.69 Å². The summed E-state index contributed by atoms with van der Waals surface area (Å²) < 4.78 is 5.23. The van der Waals surface area contributed by atoms with Crippen molar-refractivity contribution in [3.05, 3.63) is 27.8 Å². The second kappa shape index (κ2) is 5.06. The molecule has 1 aromatic carbocycles. The number of nitro groups is 1. The van der Waals surface area contributed by atoms with Gasteiger partial charge in [-0.3, -0.25) is 14.9 Å². The van der Waals surface area contributed by atoms with Gasteiger partial charge in [-0.15, -0.1) is 0 Å². The number of amides is 1. The van der Waals surface area contributed by atoms with E-state index in [1.54, 1.807) is 6.07 Å². The molecule has 1 saturated heterocycles. The second-order valence-electron chi connectivity index (χ2n) is 4.72. The molecule has 2 aliphatic heterocycles. The molecule has 0 bridgehead atoms. The quantitative estimate of drug-likeness (QED) is 0.625. The maximum absolute atomic E-state index is 11.4. The fraction of sp³-hybridized carbons (Fsp3) is 0.417. The van der Waals surface area contributed by atoms with Gasteiger partial charge in [-0.1, -0.05) is 0 Å². The van der Waals surface area contributed by atoms with Crippen molar-refractivity contribution < 1.29 is 14.5 Å². The molecular formula is C12H14N4O4. The first kappa shape index (κ1) is 12.8. The average molecular weight is 278 g/mol. The maximum Gasteiger partial charge on any atom is 0.294 e. The highest BCUT2D eigenvalue weighted by atomic mass is 16.6. The van der Waals surface area contributed by atoms with E-state index in [1.807, 2.05) is 5.01 Å². The predicted octanol–water partition coefficient (Wildman–Crippen LogP) is 0.748. The minimum absolute atomic E-state index is 0.0215. The summed E-state index contributed by atoms with van der Waals surface area (Å²) in [5.41, 5.74) is 4.70. The van der Waals surface area contributed by atoms with Crippen LogP contribution >= 0.6 is 0 Å². The van der Waals surface area contributed by atoms with Crippen LogP contribution in [0.3, 0.4) is 0 Å². The van der Waals surface area contributed by atoms with Crippen molar-refractivity contribution >= 4 is 23.0 Å². The zero-order valence-corrected chi connectivity index (χ0v) is 10.7. The lowest BCUT2D eigenvalue weighted by molar-refractivity contribution is -0.384. The lowest BCUT2D eigenvalue weighted by Crippen LogP contribution is -2.40. The molecule has 0 aliphatic carbocycles. The molecule has 1 amide bonds. The highest BCUT2D eigenvalue weighted by Crippen LogP contribution is 2.34. The van der Waals surface area contributed by atoms with Crippen molar-refractivity contribution in [3.8, 4) is 0 Å². The van der Waals surface area contributed by atoms with Crippen molar-refractivity contribution in [1.82, 2.24) is 5.01 Å². The topological polar surface area (TPSA) is 96.7 Å². The van der Waals surface area contributed by atoms with E-state index in [-0.39, 0.29) is 18.0 Å². The molecular weight excluding hydrogens is 264 g/mol. The van der Waals surface area contributed by atoms with E-state index in [0.717, 1.165) is 0 Å². The Balaban J connectivity index is 1.90. The minimum Gasteiger partial charge on any atom is -0.379 e. The van der Waals surface area contributed by atoms with Crippen LogP contribution in [-0.4, -0.2) is 42.1 Å². The van der Waals surface area contributed by atoms with Crippen molar-refractivity contribution in [2.45, 2.75) is 6.42 Å². The smallest absolute Gasteiger partial charge is 0.294 e. The maximum atomic E-state index is 11.4. The minimum atomic E-state index is -0.439. The number of nitrogens with one attached hydrogen (secondary N) is 2. The first-order valence-corrected chi connectivity index (χ1v) is 6.34. The number of hydrogen-bond acceptors (Lipinski definition) is 6. The molecule has 0 spiro atoms. The van der Waals surface area contributed by atoms with Gasteiger partial charge < -0.3 is 15.5 Å². The van der Waals surface area contributed by atoms with Crippen molar-refractivity contribution in [2.75, 3.05) is 37.0 Å². The Bertz CT molecular complexity index is 569. The van der Waals surface area contributed by atoms with E-state index in [4.69, 9.17) is 4.74 Å². The SMILES string of the molecule is O=C1Cc2cc([N+](=O)[O-])c(NN3CCOCC3)cc2N1. The molecule has 2 heterocycles. The number of nitrogens with zero attached hydrogens (tertiary/aromatic N) is 2. The van der Waals surface area contributed by atoms with Gasteiger partial charge in [0.1, 0.15) is 5.69 Å². The van der Waals surface area contributed by atoms with Gasteiger partial charge in [0.15, 0.2) is 0 Å². The number of benzene rings is 1. The molecule has 106 valence electrons. The van der Waals surface area contributed by atoms with Crippen LogP contribution in [0, 0.1) is 10.1 Å². The Labute approximate surface area is 114 Å². The number of ether oxygens (including phenoxy) is 1. The summed E-state index contributed by atoms with van der Waals surface area (Å²) in [5.74, 6) is -0.141. The molecule has 0 unspecified atom stereocenters. The highest BCUT2D eigenvalue weighted by molar-refractivity contribution is 6.00. The number of morpholine rings is 1. The summed E-state index contributed by atoms with van der Waals surface area (Å²) in [5, 5.41) is 15.7. The monoisotopic (exact) mass is 278 g/mol. The molecule has 0 radical (unpaired) electrons. The van der Waals surface area contributed by atoms with Crippen LogP contribution in [0.4, 0.5) is 17.1 Å². The molecule has 20 heavy (non-hydrogen) atoms. The average Bonchev–Trinajstić information content (AvgIpc) is 2.78. The van der Waals surface area contributed by atoms with Gasteiger partial charge in [0.05, 0.1) is 24.6 Å². The van der Waals surface area contributed by atoms with Crippen LogP contribution in [0.5, 0.6) is 0 Å². The number of anilines is 2. The highest BCUT2D eigenvalue weighted by Gasteiger charge is 2.25. The Morgan fingerprint density at radius 2 is 2.10 bits per heavy atom. The number of nitro benzene ring substituents is 1. The van der Waals surface area contributed by atoms with Crippen LogP contribution < -0.4 is 10.7 Å². The Hall–Kier alpha value is -2.19. The Morgan fingerprint density at radius 3 is 2.80 bits per heavy atom. The lowest BCUT2D eigenvalue weighted by atomic mass is 10.1. The van der Waals surface area contributed by atoms with Gasteiger partial charge in [0.2, 0.25) is 5.91 Å². The zero-order valence-electron chi connectivity index (χ0n) is 10.7. The molecule has 8 nitrogen and oxygen atoms in total. The van der Waals surface area contributed by atoms with Crippen molar-refractivity contribution in [1.29, 1.82) is 0 Å². The lowest BCUT2D eigenvalue weighted by Gasteiger charge is -2.27. The van der Waals surface area contributed by atoms with Crippen LogP contribution in [0.1, 0.15) is 5.56 Å². The van der Waals surface area contributed by atoms with E-state index in [9.17, 15) is 14.9 Å². The van der Waals surface area contributed by atoms with Crippen LogP contribution in [0.2, 0.25) is 0 Å². The third-order valence-electron chi connectivity index (χ3n) is 3.33. The van der Waals surface area contributed by atoms with Crippen LogP contribution in [0.25, 0.3) is 0 Å². The summed E-state index contributed by atoms with van der Waals surface area (Å²) >= 11 is 0. The summed E-state index contributed by atoms with van der Waals surface area (Å²) in [7, 11) is 0. The van der Waals surface area contributed by atoms with Gasteiger partial charge in [0, 0.05) is 24.8 Å². The van der Waals surface area contributed by atoms with Gasteiger partial charge in [-0.2, -0.15) is 0 Å². The molecule has 0 saturated carbocycles. The molecule has 8 heteroatoms. The van der Waals surface area contributed by atoms with Crippen molar-refractivity contribution in [2.24, 2.45) is 0 Å². The molecule has 0 aromatic heterocycles. The first-order valence-electron chi connectivity index (χ1n) is 6.34. The van der Waals surface area contributed by atoms with E-state index >= 15 is 0 Å². The fourth-order valence-electron chi connectivity index (χ4n) is 2.35. The second-order valence-corrected chi connectivity index (χ2v) is 4.72. The Morgan fingerprint density at radius 1 is 1.35 bits per heavy atom. The number of carbonyl (C=O) groups excluding carboxylic acids is 1. The summed E-state index contributed by atoms with van der Waals surface area (Å²) in [6.45, 7) is 2.48. The molecule has 1 aromatic rings. The predicted molar refractivity (Wildman–Crippen MR) is 71.4 cm³/mol. The number of fused-ring (bicyclic) bond motifs is 1. The van der Waals surface area contributed by atoms with Gasteiger partial charge in [-0.05, 0) is 11.6 Å². The van der Waals surface area contributed by atoms with Crippen LogP contribution in [0.15, 0.2) is 12.1 Å². The first-order chi connectivity index (χ1) is 9.63. The zero-order chi connectivity index (χ0) is 14.1. The summed E-state index contributed by atoms with van der Waals surface area (Å²) in [6.07, 6.45) is 0.188. The summed E-state index contributed by atoms with van der Waals surface area (Å²) in [6, 6.07) is 3.07. The molecule has 0 atom stereocenters. The van der Waals surface area contributed by atoms with E-state index in [0.29, 0.717) is 43.2 Å². The van der Waals surface area contributed by atoms with E-state index < -0.39 is 4.92 Å². The summed E-state index contributed by atoms with van der Waals surface area (Å²) in [4.78, 5) is 22.1. The fourth-order valence-corrected chi connectivity index (χ4v) is 2.35. The number of hydrogen-bond donors (Lipinski definition) is 2. The largest absolute Gasteiger partial charge is 0.379 e. The third-order valence-corrected chi connectivity index (χ3v) is 3.33. The standard InChI is InChI=1S/C12H14N4O4/c17-12-6-8-5-11(16(18)19)10(7-9(8)13-12)14-15-1-3-20-4-2-15/h5,7,14H,1-4,6H2,(H,13,17). The third kappa shape index (κ3) is 2.43. The van der Waals surface area contributed by atoms with Gasteiger partial charge in [-0.25, -0.2) is 5.01 Å². The van der Waals surface area contributed by atoms with E-state index in [1.165, 1.54) is 6.07 Å². The number of rotatable bonds is 3.